The topological polar surface area (TPSA) is 84.4 Å². The monoisotopic (exact) mass is 368 g/mol. The van der Waals surface area contributed by atoms with E-state index in [0.717, 1.165) is 12.8 Å². The van der Waals surface area contributed by atoms with Crippen LogP contribution < -0.4 is 11.1 Å². The lowest BCUT2D eigenvalue weighted by molar-refractivity contribution is 0.0463. The van der Waals surface area contributed by atoms with Crippen molar-refractivity contribution in [3.63, 3.8) is 0 Å². The van der Waals surface area contributed by atoms with Crippen LogP contribution in [-0.4, -0.2) is 41.0 Å². The Morgan fingerprint density at radius 1 is 1.36 bits per heavy atom. The summed E-state index contributed by atoms with van der Waals surface area (Å²) in [6.07, 6.45) is 5.45. The number of aromatic nitrogens is 1. The van der Waals surface area contributed by atoms with Crippen LogP contribution >= 0.6 is 12.4 Å². The second-order valence-corrected chi connectivity index (χ2v) is 6.90. The van der Waals surface area contributed by atoms with Gasteiger partial charge in [0, 0.05) is 24.2 Å². The summed E-state index contributed by atoms with van der Waals surface area (Å²) in [6, 6.07) is 3.44. The number of nitrogens with two attached hydrogens (primary N) is 1. The van der Waals surface area contributed by atoms with Crippen LogP contribution in [-0.2, 0) is 0 Å². The lowest BCUT2D eigenvalue weighted by Gasteiger charge is -2.47. The first-order chi connectivity index (χ1) is 11.5. The standard InChI is InChI=1S/C17H21FN4O2.ClH/c1-22-11-3-2-4-12(22)8-10(7-11)20-16(23)13-5-9(18)6-14-15(13)21-17(19)24-14;/h5-6,10-12H,2-4,7-8H2,1H3,(H2,19,21)(H,20,23);1H. The Morgan fingerprint density at radius 2 is 2.04 bits per heavy atom. The number of hydrogen-bond donors (Lipinski definition) is 2. The van der Waals surface area contributed by atoms with Gasteiger partial charge < -0.3 is 20.4 Å². The number of carbonyl (C=O) groups is 1. The maximum atomic E-state index is 13.8. The number of fused-ring (bicyclic) bond motifs is 3. The second-order valence-electron chi connectivity index (χ2n) is 6.90. The van der Waals surface area contributed by atoms with Crippen LogP contribution in [0.25, 0.3) is 11.1 Å². The van der Waals surface area contributed by atoms with Gasteiger partial charge in [0.15, 0.2) is 5.58 Å². The smallest absolute Gasteiger partial charge is 0.293 e. The van der Waals surface area contributed by atoms with Crippen LogP contribution in [0.2, 0.25) is 0 Å². The number of nitrogens with one attached hydrogen (secondary N) is 1. The van der Waals surface area contributed by atoms with Crippen molar-refractivity contribution < 1.29 is 13.6 Å². The second kappa shape index (κ2) is 6.80. The molecule has 2 unspecified atom stereocenters. The maximum absolute atomic E-state index is 13.8. The number of piperidine rings is 2. The van der Waals surface area contributed by atoms with Crippen molar-refractivity contribution >= 4 is 35.4 Å². The summed E-state index contributed by atoms with van der Waals surface area (Å²) >= 11 is 0. The zero-order valence-corrected chi connectivity index (χ0v) is 14.8. The van der Waals surface area contributed by atoms with Gasteiger partial charge >= 0.3 is 0 Å². The van der Waals surface area contributed by atoms with Crippen LogP contribution in [0.1, 0.15) is 42.5 Å². The molecule has 2 aliphatic rings. The van der Waals surface area contributed by atoms with Crippen LogP contribution in [0.15, 0.2) is 16.5 Å². The summed E-state index contributed by atoms with van der Waals surface area (Å²) in [5.74, 6) is -0.857. The Balaban J connectivity index is 0.00000182. The molecule has 4 rings (SSSR count). The fraction of sp³-hybridized carbons (Fsp3) is 0.529. The first kappa shape index (κ1) is 17.9. The summed E-state index contributed by atoms with van der Waals surface area (Å²) in [4.78, 5) is 19.1. The van der Waals surface area contributed by atoms with E-state index in [-0.39, 0.29) is 41.5 Å². The van der Waals surface area contributed by atoms with Gasteiger partial charge in [-0.25, -0.2) is 4.39 Å². The van der Waals surface area contributed by atoms with E-state index < -0.39 is 5.82 Å². The molecule has 2 saturated heterocycles. The van der Waals surface area contributed by atoms with Crippen LogP contribution in [0.4, 0.5) is 10.4 Å². The fourth-order valence-corrected chi connectivity index (χ4v) is 4.18. The van der Waals surface area contributed by atoms with Gasteiger partial charge in [-0.15, -0.1) is 12.4 Å². The van der Waals surface area contributed by atoms with E-state index in [0.29, 0.717) is 17.6 Å². The van der Waals surface area contributed by atoms with E-state index >= 15 is 0 Å². The molecule has 2 atom stereocenters. The Hall–Kier alpha value is -1.86. The largest absolute Gasteiger partial charge is 0.424 e. The highest BCUT2D eigenvalue weighted by Crippen LogP contribution is 2.33. The lowest BCUT2D eigenvalue weighted by atomic mass is 9.82. The van der Waals surface area contributed by atoms with Gasteiger partial charge in [0.25, 0.3) is 11.9 Å². The summed E-state index contributed by atoms with van der Waals surface area (Å²) in [5.41, 5.74) is 6.21. The number of halogens is 2. The Bertz CT molecular complexity index is 782. The summed E-state index contributed by atoms with van der Waals surface area (Å²) in [7, 11) is 2.17. The van der Waals surface area contributed by atoms with Crippen LogP contribution in [0, 0.1) is 5.82 Å². The first-order valence-electron chi connectivity index (χ1n) is 8.39. The fourth-order valence-electron chi connectivity index (χ4n) is 4.18. The number of nitrogens with zero attached hydrogens (tertiary/aromatic N) is 2. The molecule has 3 N–H and O–H groups in total. The highest BCUT2D eigenvalue weighted by atomic mass is 35.5. The molecular formula is C17H22ClFN4O2. The van der Waals surface area contributed by atoms with Crippen molar-refractivity contribution in [2.24, 2.45) is 0 Å². The third kappa shape index (κ3) is 3.30. The predicted octanol–water partition coefficient (Wildman–Crippen LogP) is 2.72. The minimum atomic E-state index is -0.538. The minimum absolute atomic E-state index is 0. The summed E-state index contributed by atoms with van der Waals surface area (Å²) in [5, 5.41) is 3.06. The molecule has 0 saturated carbocycles. The number of oxazole rings is 1. The molecule has 0 spiro atoms. The quantitative estimate of drug-likeness (QED) is 0.851. The molecule has 2 fully saturated rings. The number of nitrogen functional groups attached to an aromatic ring is 1. The van der Waals surface area contributed by atoms with E-state index in [4.69, 9.17) is 10.2 Å². The van der Waals surface area contributed by atoms with Gasteiger partial charge in [0.2, 0.25) is 0 Å². The molecule has 8 heteroatoms. The van der Waals surface area contributed by atoms with Crippen molar-refractivity contribution in [2.45, 2.75) is 50.2 Å². The third-order valence-electron chi connectivity index (χ3n) is 5.40. The molecule has 0 radical (unpaired) electrons. The maximum Gasteiger partial charge on any atom is 0.293 e. The normalized spacial score (nSPS) is 26.2. The summed E-state index contributed by atoms with van der Waals surface area (Å²) < 4.78 is 18.9. The number of hydrogen-bond acceptors (Lipinski definition) is 5. The molecule has 25 heavy (non-hydrogen) atoms. The molecule has 1 aromatic carbocycles. The predicted molar refractivity (Wildman–Crippen MR) is 95.3 cm³/mol. The molecule has 136 valence electrons. The molecule has 1 aromatic heterocycles. The molecule has 0 aliphatic carbocycles. The molecule has 2 aromatic rings. The number of carbonyl (C=O) groups excluding carboxylic acids is 1. The molecule has 6 nitrogen and oxygen atoms in total. The zero-order valence-electron chi connectivity index (χ0n) is 14.0. The van der Waals surface area contributed by atoms with Gasteiger partial charge in [-0.3, -0.25) is 4.79 Å². The average molecular weight is 369 g/mol. The number of amides is 1. The van der Waals surface area contributed by atoms with Crippen LogP contribution in [0.5, 0.6) is 0 Å². The first-order valence-corrected chi connectivity index (χ1v) is 8.39. The van der Waals surface area contributed by atoms with E-state index in [1.165, 1.54) is 31.4 Å². The van der Waals surface area contributed by atoms with Crippen LogP contribution in [0.3, 0.4) is 0 Å². The number of benzene rings is 1. The highest BCUT2D eigenvalue weighted by molar-refractivity contribution is 6.04. The Kier molecular flexibility index (Phi) is 4.88. The summed E-state index contributed by atoms with van der Waals surface area (Å²) in [6.45, 7) is 0. The van der Waals surface area contributed by atoms with Crippen molar-refractivity contribution in [1.82, 2.24) is 15.2 Å². The Morgan fingerprint density at radius 3 is 2.72 bits per heavy atom. The SMILES string of the molecule is CN1C2CCCC1CC(NC(=O)c1cc(F)cc3oc(N)nc13)C2.Cl. The van der Waals surface area contributed by atoms with Gasteiger partial charge in [-0.2, -0.15) is 4.98 Å². The molecule has 2 bridgehead atoms. The average Bonchev–Trinajstić information content (AvgIpc) is 2.87. The van der Waals surface area contributed by atoms with Gasteiger partial charge in [0.05, 0.1) is 5.56 Å². The lowest BCUT2D eigenvalue weighted by Crippen LogP contribution is -2.55. The molecule has 1 amide bonds. The molecular weight excluding hydrogens is 347 g/mol. The van der Waals surface area contributed by atoms with E-state index in [1.807, 2.05) is 0 Å². The minimum Gasteiger partial charge on any atom is -0.424 e. The Labute approximate surface area is 151 Å². The van der Waals surface area contributed by atoms with E-state index in [9.17, 15) is 9.18 Å². The third-order valence-corrected chi connectivity index (χ3v) is 5.40. The van der Waals surface area contributed by atoms with Gasteiger partial charge in [-0.1, -0.05) is 6.42 Å². The number of anilines is 1. The van der Waals surface area contributed by atoms with E-state index in [2.05, 4.69) is 22.2 Å². The van der Waals surface area contributed by atoms with E-state index in [1.54, 1.807) is 0 Å². The highest BCUT2D eigenvalue weighted by Gasteiger charge is 2.36. The molecule has 2 aliphatic heterocycles. The van der Waals surface area contributed by atoms with Crippen molar-refractivity contribution in [1.29, 1.82) is 0 Å². The number of rotatable bonds is 2. The van der Waals surface area contributed by atoms with Gasteiger partial charge in [0.1, 0.15) is 11.3 Å². The molecule has 3 heterocycles. The van der Waals surface area contributed by atoms with Crippen molar-refractivity contribution in [3.05, 3.63) is 23.5 Å². The van der Waals surface area contributed by atoms with Crippen molar-refractivity contribution in [3.8, 4) is 0 Å². The van der Waals surface area contributed by atoms with Gasteiger partial charge in [-0.05, 0) is 38.8 Å². The zero-order chi connectivity index (χ0) is 16.8. The van der Waals surface area contributed by atoms with Crippen molar-refractivity contribution in [2.75, 3.05) is 12.8 Å².